The number of methoxy groups -OCH3 is 2. The third kappa shape index (κ3) is 6.27. The molecule has 9 heteroatoms. The fourth-order valence-corrected chi connectivity index (χ4v) is 3.96. The van der Waals surface area contributed by atoms with Crippen molar-refractivity contribution in [1.82, 2.24) is 15.2 Å². The van der Waals surface area contributed by atoms with Crippen molar-refractivity contribution in [2.45, 2.75) is 32.4 Å². The highest BCUT2D eigenvalue weighted by atomic mass is 35.5. The van der Waals surface area contributed by atoms with E-state index in [0.29, 0.717) is 18.1 Å². The number of benzene rings is 2. The summed E-state index contributed by atoms with van der Waals surface area (Å²) in [6, 6.07) is 14.3. The second kappa shape index (κ2) is 11.9. The molecular weight excluding hydrogens is 456 g/mol. The number of halogens is 1. The van der Waals surface area contributed by atoms with Gasteiger partial charge in [-0.05, 0) is 37.6 Å². The Morgan fingerprint density at radius 3 is 2.50 bits per heavy atom. The normalized spacial score (nSPS) is 15.3. The van der Waals surface area contributed by atoms with E-state index < -0.39 is 0 Å². The molecule has 0 spiro atoms. The van der Waals surface area contributed by atoms with E-state index >= 15 is 0 Å². The zero-order valence-electron chi connectivity index (χ0n) is 20.0. The number of rotatable bonds is 9. The molecule has 0 unspecified atom stereocenters. The SMILES string of the molecule is COCCN(CC(=O)N1N=C(c2ccccc2Cl)C[C@H]1c1ccc(OC)cc1)C(=O)NC(C)C. The molecule has 34 heavy (non-hydrogen) atoms. The first-order valence-corrected chi connectivity index (χ1v) is 11.5. The van der Waals surface area contributed by atoms with Gasteiger partial charge in [-0.2, -0.15) is 5.10 Å². The molecule has 2 aromatic rings. The second-order valence-electron chi connectivity index (χ2n) is 8.28. The molecule has 1 atom stereocenters. The molecule has 0 aliphatic carbocycles. The Hall–Kier alpha value is -3.10. The summed E-state index contributed by atoms with van der Waals surface area (Å²) >= 11 is 6.42. The fraction of sp³-hybridized carbons (Fsp3) is 0.400. The van der Waals surface area contributed by atoms with Gasteiger partial charge in [0.25, 0.3) is 5.91 Å². The van der Waals surface area contributed by atoms with E-state index in [1.165, 1.54) is 9.91 Å². The minimum atomic E-state index is -0.331. The Kier molecular flexibility index (Phi) is 8.90. The van der Waals surface area contributed by atoms with Gasteiger partial charge in [-0.1, -0.05) is 41.9 Å². The van der Waals surface area contributed by atoms with Gasteiger partial charge >= 0.3 is 6.03 Å². The van der Waals surface area contributed by atoms with Crippen molar-refractivity contribution in [3.63, 3.8) is 0 Å². The van der Waals surface area contributed by atoms with Gasteiger partial charge < -0.3 is 19.7 Å². The lowest BCUT2D eigenvalue weighted by molar-refractivity contribution is -0.133. The summed E-state index contributed by atoms with van der Waals surface area (Å²) < 4.78 is 10.4. The van der Waals surface area contributed by atoms with Crippen molar-refractivity contribution < 1.29 is 19.1 Å². The Labute approximate surface area is 205 Å². The average molecular weight is 487 g/mol. The molecule has 0 radical (unpaired) electrons. The molecule has 1 N–H and O–H groups in total. The fourth-order valence-electron chi connectivity index (χ4n) is 3.71. The van der Waals surface area contributed by atoms with Crippen LogP contribution in [0.25, 0.3) is 0 Å². The molecule has 0 fully saturated rings. The molecule has 1 aliphatic heterocycles. The lowest BCUT2D eigenvalue weighted by Crippen LogP contribution is -2.48. The number of hydrazone groups is 1. The van der Waals surface area contributed by atoms with Crippen LogP contribution in [0.5, 0.6) is 5.75 Å². The highest BCUT2D eigenvalue weighted by Gasteiger charge is 2.35. The Balaban J connectivity index is 1.90. The van der Waals surface area contributed by atoms with E-state index in [9.17, 15) is 9.59 Å². The quantitative estimate of drug-likeness (QED) is 0.578. The summed E-state index contributed by atoms with van der Waals surface area (Å²) in [6.07, 6.45) is 0.498. The highest BCUT2D eigenvalue weighted by molar-refractivity contribution is 6.34. The Morgan fingerprint density at radius 1 is 1.18 bits per heavy atom. The molecule has 0 bridgehead atoms. The number of amides is 3. The third-order valence-electron chi connectivity index (χ3n) is 5.44. The average Bonchev–Trinajstić information content (AvgIpc) is 3.27. The molecule has 0 aromatic heterocycles. The summed E-state index contributed by atoms with van der Waals surface area (Å²) in [6.45, 7) is 4.20. The number of hydrogen-bond donors (Lipinski definition) is 1. The van der Waals surface area contributed by atoms with Gasteiger partial charge in [0.05, 0.1) is 25.5 Å². The van der Waals surface area contributed by atoms with E-state index in [0.717, 1.165) is 22.6 Å². The molecule has 1 aliphatic rings. The van der Waals surface area contributed by atoms with E-state index in [2.05, 4.69) is 10.4 Å². The van der Waals surface area contributed by atoms with Crippen LogP contribution in [-0.4, -0.2) is 67.5 Å². The van der Waals surface area contributed by atoms with Gasteiger partial charge in [0.15, 0.2) is 0 Å². The van der Waals surface area contributed by atoms with Crippen molar-refractivity contribution in [3.8, 4) is 5.75 Å². The van der Waals surface area contributed by atoms with Crippen LogP contribution in [-0.2, 0) is 9.53 Å². The van der Waals surface area contributed by atoms with Crippen molar-refractivity contribution in [2.75, 3.05) is 33.9 Å². The summed E-state index contributed by atoms with van der Waals surface area (Å²) in [7, 11) is 3.16. The smallest absolute Gasteiger partial charge is 0.318 e. The minimum absolute atomic E-state index is 0.0590. The van der Waals surface area contributed by atoms with Crippen LogP contribution in [0.4, 0.5) is 4.79 Å². The first kappa shape index (κ1) is 25.5. The summed E-state index contributed by atoms with van der Waals surface area (Å²) in [5.41, 5.74) is 2.41. The van der Waals surface area contributed by atoms with Crippen molar-refractivity contribution in [2.24, 2.45) is 5.10 Å². The molecular formula is C25H31ClN4O4. The lowest BCUT2D eigenvalue weighted by atomic mass is 9.98. The molecule has 0 saturated carbocycles. The molecule has 3 amide bonds. The number of urea groups is 1. The maximum Gasteiger partial charge on any atom is 0.318 e. The van der Waals surface area contributed by atoms with Crippen LogP contribution in [0.2, 0.25) is 5.02 Å². The maximum atomic E-state index is 13.5. The Bertz CT molecular complexity index is 1030. The van der Waals surface area contributed by atoms with Crippen molar-refractivity contribution >= 4 is 29.3 Å². The first-order chi connectivity index (χ1) is 16.3. The summed E-state index contributed by atoms with van der Waals surface area (Å²) in [4.78, 5) is 27.6. The molecule has 3 rings (SSSR count). The van der Waals surface area contributed by atoms with Gasteiger partial charge in [-0.15, -0.1) is 0 Å². The van der Waals surface area contributed by atoms with Crippen LogP contribution < -0.4 is 10.1 Å². The molecule has 2 aromatic carbocycles. The zero-order chi connectivity index (χ0) is 24.7. The topological polar surface area (TPSA) is 83.5 Å². The van der Waals surface area contributed by atoms with Crippen LogP contribution in [0.3, 0.4) is 0 Å². The third-order valence-corrected chi connectivity index (χ3v) is 5.77. The number of nitrogens with zero attached hydrogens (tertiary/aromatic N) is 3. The number of carbonyl (C=O) groups excluding carboxylic acids is 2. The number of carbonyl (C=O) groups is 2. The number of nitrogens with one attached hydrogen (secondary N) is 1. The van der Waals surface area contributed by atoms with Gasteiger partial charge in [-0.3, -0.25) is 4.79 Å². The monoisotopic (exact) mass is 486 g/mol. The van der Waals surface area contributed by atoms with Crippen molar-refractivity contribution in [3.05, 3.63) is 64.7 Å². The van der Waals surface area contributed by atoms with Crippen LogP contribution in [0, 0.1) is 0 Å². The van der Waals surface area contributed by atoms with E-state index in [-0.39, 0.29) is 37.1 Å². The van der Waals surface area contributed by atoms with Gasteiger partial charge in [-0.25, -0.2) is 9.80 Å². The summed E-state index contributed by atoms with van der Waals surface area (Å²) in [5, 5.41) is 9.54. The van der Waals surface area contributed by atoms with Crippen LogP contribution in [0.15, 0.2) is 53.6 Å². The standard InChI is InChI=1S/C25H31ClN4O4/c1-17(2)27-25(32)29(13-14-33-3)16-24(31)30-23(18-9-11-19(34-4)12-10-18)15-22(28-30)20-7-5-6-8-21(20)26/h5-12,17,23H,13-16H2,1-4H3,(H,27,32)/t23-/m0/s1. The summed E-state index contributed by atoms with van der Waals surface area (Å²) in [5.74, 6) is 0.431. The molecule has 182 valence electrons. The van der Waals surface area contributed by atoms with Crippen LogP contribution >= 0.6 is 11.6 Å². The van der Waals surface area contributed by atoms with E-state index in [1.54, 1.807) is 20.3 Å². The van der Waals surface area contributed by atoms with E-state index in [1.807, 2.05) is 56.3 Å². The van der Waals surface area contributed by atoms with Gasteiger partial charge in [0.2, 0.25) is 0 Å². The van der Waals surface area contributed by atoms with Crippen molar-refractivity contribution in [1.29, 1.82) is 0 Å². The predicted molar refractivity (Wildman–Crippen MR) is 132 cm³/mol. The lowest BCUT2D eigenvalue weighted by Gasteiger charge is -2.27. The maximum absolute atomic E-state index is 13.5. The second-order valence-corrected chi connectivity index (χ2v) is 8.68. The highest BCUT2D eigenvalue weighted by Crippen LogP contribution is 2.35. The zero-order valence-corrected chi connectivity index (χ0v) is 20.7. The molecule has 8 nitrogen and oxygen atoms in total. The minimum Gasteiger partial charge on any atom is -0.497 e. The van der Waals surface area contributed by atoms with Gasteiger partial charge in [0.1, 0.15) is 12.3 Å². The Morgan fingerprint density at radius 2 is 1.88 bits per heavy atom. The number of hydrogen-bond acceptors (Lipinski definition) is 5. The van der Waals surface area contributed by atoms with E-state index in [4.69, 9.17) is 21.1 Å². The predicted octanol–water partition coefficient (Wildman–Crippen LogP) is 4.09. The van der Waals surface area contributed by atoms with Crippen LogP contribution in [0.1, 0.15) is 37.4 Å². The number of ether oxygens (including phenoxy) is 2. The van der Waals surface area contributed by atoms with Gasteiger partial charge in [0, 0.05) is 36.7 Å². The first-order valence-electron chi connectivity index (χ1n) is 11.2. The molecule has 1 heterocycles. The largest absolute Gasteiger partial charge is 0.497 e. The molecule has 0 saturated heterocycles.